The number of fused-ring (bicyclic) bond motifs is 1. The Morgan fingerprint density at radius 2 is 2.00 bits per heavy atom. The second-order valence-electron chi connectivity index (χ2n) is 7.95. The number of ether oxygens (including phenoxy) is 1. The number of carbonyl (C=O) groups excluding carboxylic acids is 1. The Balaban J connectivity index is 1.67. The van der Waals surface area contributed by atoms with Gasteiger partial charge in [-0.1, -0.05) is 31.8 Å². The van der Waals surface area contributed by atoms with Gasteiger partial charge >= 0.3 is 5.97 Å². The Kier molecular flexibility index (Phi) is 5.69. The van der Waals surface area contributed by atoms with Gasteiger partial charge in [-0.2, -0.15) is 4.98 Å². The molecule has 0 spiro atoms. The first kappa shape index (κ1) is 20.0. The molecule has 2 aliphatic rings. The van der Waals surface area contributed by atoms with Crippen molar-refractivity contribution < 1.29 is 24.0 Å². The zero-order valence-electron chi connectivity index (χ0n) is 16.6. The summed E-state index contributed by atoms with van der Waals surface area (Å²) in [6.07, 6.45) is 3.54. The summed E-state index contributed by atoms with van der Waals surface area (Å²) in [7, 11) is 0. The second-order valence-corrected chi connectivity index (χ2v) is 9.05. The zero-order valence-corrected chi connectivity index (χ0v) is 17.4. The fourth-order valence-corrected chi connectivity index (χ4v) is 5.24. The van der Waals surface area contributed by atoms with Gasteiger partial charge in [-0.05, 0) is 24.8 Å². The van der Waals surface area contributed by atoms with Crippen molar-refractivity contribution >= 4 is 28.2 Å². The van der Waals surface area contributed by atoms with Crippen LogP contribution in [0.2, 0.25) is 0 Å². The maximum atomic E-state index is 13.0. The maximum absolute atomic E-state index is 13.0. The van der Waals surface area contributed by atoms with E-state index in [1.165, 1.54) is 11.3 Å². The lowest BCUT2D eigenvalue weighted by Crippen LogP contribution is -2.36. The zero-order chi connectivity index (χ0) is 20.5. The summed E-state index contributed by atoms with van der Waals surface area (Å²) in [6, 6.07) is 0. The van der Waals surface area contributed by atoms with Crippen molar-refractivity contribution in [3.63, 3.8) is 0 Å². The van der Waals surface area contributed by atoms with Crippen molar-refractivity contribution in [1.82, 2.24) is 10.1 Å². The standard InChI is InChI=1S/C20H25N3O5S/c1-10(2)16-21-18(28-23-16)15-13-7-8-27-9-14(13)29-19(15)22-17(24)11-5-3-4-6-12(11)20(25)26/h10-12H,3-9H2,1-2H3,(H,22,24)(H,25,26)/t11-,12-/m0/s1. The molecule has 1 fully saturated rings. The van der Waals surface area contributed by atoms with Crippen LogP contribution in [0, 0.1) is 11.8 Å². The van der Waals surface area contributed by atoms with Crippen molar-refractivity contribution in [2.75, 3.05) is 11.9 Å². The van der Waals surface area contributed by atoms with Crippen molar-refractivity contribution in [3.8, 4) is 11.5 Å². The lowest BCUT2D eigenvalue weighted by Gasteiger charge is -2.27. The predicted molar refractivity (Wildman–Crippen MR) is 107 cm³/mol. The number of thiophene rings is 1. The third kappa shape index (κ3) is 3.93. The van der Waals surface area contributed by atoms with E-state index in [0.29, 0.717) is 49.2 Å². The van der Waals surface area contributed by atoms with E-state index in [1.807, 2.05) is 13.8 Å². The summed E-state index contributed by atoms with van der Waals surface area (Å²) in [5.74, 6) is -1.19. The van der Waals surface area contributed by atoms with Gasteiger partial charge in [0.2, 0.25) is 5.91 Å². The van der Waals surface area contributed by atoms with Crippen LogP contribution in [0.15, 0.2) is 4.52 Å². The number of aliphatic carboxylic acids is 1. The molecular weight excluding hydrogens is 394 g/mol. The quantitative estimate of drug-likeness (QED) is 0.757. The Labute approximate surface area is 172 Å². The summed E-state index contributed by atoms with van der Waals surface area (Å²) in [5, 5.41) is 17.2. The van der Waals surface area contributed by atoms with Crippen molar-refractivity contribution in [2.24, 2.45) is 11.8 Å². The first-order valence-electron chi connectivity index (χ1n) is 10.1. The maximum Gasteiger partial charge on any atom is 0.307 e. The number of carboxylic acids is 1. The van der Waals surface area contributed by atoms with Crippen LogP contribution in [0.25, 0.3) is 11.5 Å². The monoisotopic (exact) mass is 419 g/mol. The molecule has 1 aliphatic carbocycles. The number of rotatable bonds is 5. The number of nitrogens with zero attached hydrogens (tertiary/aromatic N) is 2. The fraction of sp³-hybridized carbons (Fsp3) is 0.600. The number of carbonyl (C=O) groups is 2. The molecule has 29 heavy (non-hydrogen) atoms. The molecule has 2 aromatic rings. The van der Waals surface area contributed by atoms with E-state index in [-0.39, 0.29) is 11.8 Å². The van der Waals surface area contributed by atoms with E-state index in [2.05, 4.69) is 15.5 Å². The predicted octanol–water partition coefficient (Wildman–Crippen LogP) is 3.82. The minimum Gasteiger partial charge on any atom is -0.481 e. The summed E-state index contributed by atoms with van der Waals surface area (Å²) < 4.78 is 11.1. The van der Waals surface area contributed by atoms with Gasteiger partial charge in [0.25, 0.3) is 5.89 Å². The minimum atomic E-state index is -0.901. The van der Waals surface area contributed by atoms with Crippen LogP contribution in [-0.4, -0.2) is 33.7 Å². The molecular formula is C20H25N3O5S. The number of amides is 1. The number of hydrogen-bond acceptors (Lipinski definition) is 7. The average Bonchev–Trinajstić information content (AvgIpc) is 3.32. The van der Waals surface area contributed by atoms with Gasteiger partial charge in [0.05, 0.1) is 30.6 Å². The van der Waals surface area contributed by atoms with Gasteiger partial charge in [0, 0.05) is 10.8 Å². The molecule has 8 nitrogen and oxygen atoms in total. The summed E-state index contributed by atoms with van der Waals surface area (Å²) in [4.78, 5) is 30.2. The van der Waals surface area contributed by atoms with Crippen LogP contribution in [0.4, 0.5) is 5.00 Å². The molecule has 9 heteroatoms. The summed E-state index contributed by atoms with van der Waals surface area (Å²) >= 11 is 1.44. The topological polar surface area (TPSA) is 115 Å². The highest BCUT2D eigenvalue weighted by Crippen LogP contribution is 2.43. The van der Waals surface area contributed by atoms with Gasteiger partial charge in [-0.15, -0.1) is 11.3 Å². The number of aromatic nitrogens is 2. The van der Waals surface area contributed by atoms with Crippen molar-refractivity contribution in [1.29, 1.82) is 0 Å². The fourth-order valence-electron chi connectivity index (χ4n) is 4.06. The molecule has 0 aromatic carbocycles. The van der Waals surface area contributed by atoms with E-state index in [4.69, 9.17) is 9.26 Å². The molecule has 0 unspecified atom stereocenters. The molecule has 2 N–H and O–H groups in total. The Hall–Kier alpha value is -2.26. The highest BCUT2D eigenvalue weighted by atomic mass is 32.1. The second kappa shape index (κ2) is 8.23. The molecule has 0 radical (unpaired) electrons. The Morgan fingerprint density at radius 3 is 2.69 bits per heavy atom. The normalized spacial score (nSPS) is 21.8. The molecule has 4 rings (SSSR count). The van der Waals surface area contributed by atoms with Gasteiger partial charge in [-0.25, -0.2) is 0 Å². The highest BCUT2D eigenvalue weighted by Gasteiger charge is 2.37. The SMILES string of the molecule is CC(C)c1noc(-c2c(NC(=O)[C@H]3CCCC[C@@H]3C(=O)O)sc3c2CCOC3)n1. The lowest BCUT2D eigenvalue weighted by atomic mass is 9.79. The van der Waals surface area contributed by atoms with E-state index < -0.39 is 17.8 Å². The molecule has 1 amide bonds. The van der Waals surface area contributed by atoms with Crippen LogP contribution in [-0.2, 0) is 27.4 Å². The van der Waals surface area contributed by atoms with Crippen molar-refractivity contribution in [3.05, 3.63) is 16.3 Å². The molecule has 2 atom stereocenters. The lowest BCUT2D eigenvalue weighted by molar-refractivity contribution is -0.147. The van der Waals surface area contributed by atoms with Crippen LogP contribution in [0.5, 0.6) is 0 Å². The van der Waals surface area contributed by atoms with Gasteiger partial charge in [0.1, 0.15) is 5.00 Å². The summed E-state index contributed by atoms with van der Waals surface area (Å²) in [6.45, 7) is 5.06. The number of carboxylic acid groups (broad SMARTS) is 1. The highest BCUT2D eigenvalue weighted by molar-refractivity contribution is 7.17. The minimum absolute atomic E-state index is 0.127. The van der Waals surface area contributed by atoms with Crippen LogP contribution >= 0.6 is 11.3 Å². The number of anilines is 1. The summed E-state index contributed by atoms with van der Waals surface area (Å²) in [5.41, 5.74) is 1.82. The molecule has 1 saturated carbocycles. The smallest absolute Gasteiger partial charge is 0.307 e. The van der Waals surface area contributed by atoms with Gasteiger partial charge < -0.3 is 19.7 Å². The first-order valence-corrected chi connectivity index (χ1v) is 10.9. The number of nitrogens with one attached hydrogen (secondary N) is 1. The van der Waals surface area contributed by atoms with E-state index in [9.17, 15) is 14.7 Å². The average molecular weight is 420 g/mol. The Morgan fingerprint density at radius 1 is 1.24 bits per heavy atom. The van der Waals surface area contributed by atoms with Crippen LogP contribution < -0.4 is 5.32 Å². The van der Waals surface area contributed by atoms with E-state index >= 15 is 0 Å². The van der Waals surface area contributed by atoms with E-state index in [0.717, 1.165) is 28.8 Å². The largest absolute Gasteiger partial charge is 0.481 e. The third-order valence-corrected chi connectivity index (χ3v) is 6.77. The number of hydrogen-bond donors (Lipinski definition) is 2. The molecule has 0 saturated heterocycles. The van der Waals surface area contributed by atoms with Gasteiger partial charge in [0.15, 0.2) is 5.82 Å². The molecule has 156 valence electrons. The molecule has 1 aliphatic heterocycles. The van der Waals surface area contributed by atoms with Gasteiger partial charge in [-0.3, -0.25) is 9.59 Å². The molecule has 0 bridgehead atoms. The molecule has 2 aromatic heterocycles. The Bertz CT molecular complexity index is 919. The van der Waals surface area contributed by atoms with E-state index in [1.54, 1.807) is 0 Å². The van der Waals surface area contributed by atoms with Crippen LogP contribution in [0.1, 0.15) is 61.7 Å². The van der Waals surface area contributed by atoms with Crippen molar-refractivity contribution in [2.45, 2.75) is 58.5 Å². The molecule has 3 heterocycles. The first-order chi connectivity index (χ1) is 14.0. The third-order valence-electron chi connectivity index (χ3n) is 5.65. The van der Waals surface area contributed by atoms with Crippen LogP contribution in [0.3, 0.4) is 0 Å².